The average molecular weight is 427 g/mol. The number of hydrogen-bond acceptors (Lipinski definition) is 6. The molecular weight excluding hydrogens is 402 g/mol. The molecule has 164 valence electrons. The normalized spacial score (nSPS) is 11.8. The molecule has 3 rings (SSSR count). The number of amides is 1. The van der Waals surface area contributed by atoms with Crippen LogP contribution in [0.15, 0.2) is 34.9 Å². The molecule has 0 spiro atoms. The zero-order valence-corrected chi connectivity index (χ0v) is 18.1. The summed E-state index contributed by atoms with van der Waals surface area (Å²) in [4.78, 5) is 24.6. The minimum Gasteiger partial charge on any atom is -0.497 e. The van der Waals surface area contributed by atoms with E-state index in [4.69, 9.17) is 14.0 Å². The number of carbonyl (C=O) groups excluding carboxylic acids is 1. The van der Waals surface area contributed by atoms with Gasteiger partial charge in [-0.05, 0) is 39.0 Å². The summed E-state index contributed by atoms with van der Waals surface area (Å²) in [7, 11) is 3.00. The minimum atomic E-state index is -1.05. The van der Waals surface area contributed by atoms with Crippen LogP contribution in [-0.4, -0.2) is 40.9 Å². The topological polar surface area (TPSA) is 116 Å². The Morgan fingerprint density at radius 2 is 1.90 bits per heavy atom. The van der Waals surface area contributed by atoms with Gasteiger partial charge in [0.15, 0.2) is 5.82 Å². The zero-order chi connectivity index (χ0) is 22.7. The van der Waals surface area contributed by atoms with Crippen molar-refractivity contribution in [1.82, 2.24) is 15.0 Å². The summed E-state index contributed by atoms with van der Waals surface area (Å²) in [6, 6.07) is 7.73. The highest BCUT2D eigenvalue weighted by Crippen LogP contribution is 2.32. The van der Waals surface area contributed by atoms with Gasteiger partial charge in [-0.3, -0.25) is 14.2 Å². The highest BCUT2D eigenvalue weighted by Gasteiger charge is 2.25. The molecule has 1 atom stereocenters. The van der Waals surface area contributed by atoms with Crippen molar-refractivity contribution < 1.29 is 28.7 Å². The number of benzene rings is 1. The molecule has 0 radical (unpaired) electrons. The highest BCUT2D eigenvalue weighted by molar-refractivity contribution is 5.96. The molecule has 0 fully saturated rings. The van der Waals surface area contributed by atoms with Crippen molar-refractivity contribution in [3.05, 3.63) is 58.6 Å². The van der Waals surface area contributed by atoms with Gasteiger partial charge < -0.3 is 24.4 Å². The number of carboxylic acid groups (broad SMARTS) is 1. The van der Waals surface area contributed by atoms with Crippen LogP contribution in [0.3, 0.4) is 0 Å². The molecule has 0 saturated carbocycles. The third-order valence-corrected chi connectivity index (χ3v) is 5.02. The first-order valence-corrected chi connectivity index (χ1v) is 9.62. The number of carbonyl (C=O) groups is 2. The van der Waals surface area contributed by atoms with Crippen LogP contribution in [0.4, 0.5) is 0 Å². The van der Waals surface area contributed by atoms with Crippen LogP contribution in [0.2, 0.25) is 0 Å². The quantitative estimate of drug-likeness (QED) is 0.566. The van der Waals surface area contributed by atoms with Crippen LogP contribution in [-0.2, 0) is 4.79 Å². The van der Waals surface area contributed by atoms with Crippen molar-refractivity contribution in [3.63, 3.8) is 0 Å². The summed E-state index contributed by atoms with van der Waals surface area (Å²) >= 11 is 0. The van der Waals surface area contributed by atoms with Gasteiger partial charge in [-0.2, -0.15) is 0 Å². The van der Waals surface area contributed by atoms with Crippen molar-refractivity contribution >= 4 is 11.9 Å². The van der Waals surface area contributed by atoms with Crippen molar-refractivity contribution in [2.75, 3.05) is 14.2 Å². The minimum absolute atomic E-state index is 0.310. The number of nitrogens with one attached hydrogen (secondary N) is 1. The summed E-state index contributed by atoms with van der Waals surface area (Å²) in [6.45, 7) is 5.44. The van der Waals surface area contributed by atoms with Gasteiger partial charge in [0.05, 0.1) is 32.2 Å². The van der Waals surface area contributed by atoms with Gasteiger partial charge in [0.25, 0.3) is 5.91 Å². The maximum Gasteiger partial charge on any atom is 0.305 e. The van der Waals surface area contributed by atoms with E-state index in [1.807, 2.05) is 11.5 Å². The lowest BCUT2D eigenvalue weighted by molar-refractivity contribution is -0.137. The summed E-state index contributed by atoms with van der Waals surface area (Å²) in [6.07, 6.45) is -0.310. The number of methoxy groups -OCH3 is 2. The molecule has 0 aliphatic rings. The van der Waals surface area contributed by atoms with Crippen molar-refractivity contribution in [2.45, 2.75) is 33.2 Å². The van der Waals surface area contributed by atoms with Crippen molar-refractivity contribution in [1.29, 1.82) is 0 Å². The Kier molecular flexibility index (Phi) is 6.33. The number of aliphatic carboxylic acids is 1. The smallest absolute Gasteiger partial charge is 0.305 e. The standard InChI is InChI=1S/C22H25N3O6/c1-12-8-17(14(3)25(12)20-9-13(2)31-24-20)22(28)23-18(11-21(26)27)16-7-6-15(29-4)10-19(16)30-5/h6-10,18H,11H2,1-5H3,(H,23,28)(H,26,27). The molecule has 9 heteroatoms. The van der Waals surface area contributed by atoms with Gasteiger partial charge >= 0.3 is 5.97 Å². The fourth-order valence-electron chi connectivity index (χ4n) is 3.56. The SMILES string of the molecule is COc1ccc(C(CC(=O)O)NC(=O)c2cc(C)n(-c3cc(C)on3)c2C)c(OC)c1. The average Bonchev–Trinajstić information content (AvgIpc) is 3.28. The molecule has 2 N–H and O–H groups in total. The van der Waals surface area contributed by atoms with Crippen LogP contribution in [0.25, 0.3) is 5.82 Å². The third kappa shape index (κ3) is 4.55. The van der Waals surface area contributed by atoms with Crippen LogP contribution in [0, 0.1) is 20.8 Å². The predicted octanol–water partition coefficient (Wildman–Crippen LogP) is 3.35. The summed E-state index contributed by atoms with van der Waals surface area (Å²) in [5, 5.41) is 16.3. The molecule has 0 bridgehead atoms. The number of aromatic nitrogens is 2. The predicted molar refractivity (Wildman–Crippen MR) is 112 cm³/mol. The first kappa shape index (κ1) is 21.9. The Bertz CT molecular complexity index is 1110. The Hall–Kier alpha value is -3.75. The molecular formula is C22H25N3O6. The Morgan fingerprint density at radius 3 is 2.48 bits per heavy atom. The first-order valence-electron chi connectivity index (χ1n) is 9.62. The van der Waals surface area contributed by atoms with Crippen LogP contribution in [0.1, 0.15) is 45.5 Å². The molecule has 9 nitrogen and oxygen atoms in total. The van der Waals surface area contributed by atoms with E-state index in [1.165, 1.54) is 14.2 Å². The number of hydrogen-bond donors (Lipinski definition) is 2. The maximum absolute atomic E-state index is 13.1. The molecule has 0 aliphatic carbocycles. The largest absolute Gasteiger partial charge is 0.497 e. The van der Waals surface area contributed by atoms with E-state index in [9.17, 15) is 14.7 Å². The van der Waals surface area contributed by atoms with E-state index < -0.39 is 17.9 Å². The second kappa shape index (κ2) is 8.95. The highest BCUT2D eigenvalue weighted by atomic mass is 16.5. The lowest BCUT2D eigenvalue weighted by Gasteiger charge is -2.20. The van der Waals surface area contributed by atoms with Gasteiger partial charge in [0.2, 0.25) is 0 Å². The maximum atomic E-state index is 13.1. The molecule has 1 aromatic carbocycles. The second-order valence-corrected chi connectivity index (χ2v) is 7.15. The second-order valence-electron chi connectivity index (χ2n) is 7.15. The fraction of sp³-hybridized carbons (Fsp3) is 0.318. The van der Waals surface area contributed by atoms with Gasteiger partial charge in [-0.15, -0.1) is 0 Å². The molecule has 31 heavy (non-hydrogen) atoms. The number of rotatable bonds is 8. The fourth-order valence-corrected chi connectivity index (χ4v) is 3.56. The Balaban J connectivity index is 1.95. The monoisotopic (exact) mass is 427 g/mol. The van der Waals surface area contributed by atoms with E-state index >= 15 is 0 Å². The lowest BCUT2D eigenvalue weighted by atomic mass is 10.0. The molecule has 3 aromatic rings. The number of aryl methyl sites for hydroxylation is 2. The zero-order valence-electron chi connectivity index (χ0n) is 18.1. The van der Waals surface area contributed by atoms with Gasteiger partial charge in [0.1, 0.15) is 17.3 Å². The summed E-state index contributed by atoms with van der Waals surface area (Å²) < 4.78 is 17.6. The van der Waals surface area contributed by atoms with E-state index in [2.05, 4.69) is 10.5 Å². The molecule has 2 heterocycles. The van der Waals surface area contributed by atoms with E-state index in [0.717, 1.165) is 5.69 Å². The van der Waals surface area contributed by atoms with Crippen LogP contribution >= 0.6 is 0 Å². The van der Waals surface area contributed by atoms with E-state index in [0.29, 0.717) is 39.9 Å². The summed E-state index contributed by atoms with van der Waals surface area (Å²) in [5.74, 6) is 0.768. The first-order chi connectivity index (χ1) is 14.7. The number of carboxylic acids is 1. The molecule has 0 aliphatic heterocycles. The molecule has 2 aromatic heterocycles. The Labute approximate surface area is 179 Å². The molecule has 0 saturated heterocycles. The third-order valence-electron chi connectivity index (χ3n) is 5.02. The number of ether oxygens (including phenoxy) is 2. The van der Waals surface area contributed by atoms with E-state index in [1.54, 1.807) is 44.2 Å². The number of nitrogens with zero attached hydrogens (tertiary/aromatic N) is 2. The Morgan fingerprint density at radius 1 is 1.16 bits per heavy atom. The summed E-state index contributed by atoms with van der Waals surface area (Å²) in [5.41, 5.74) is 2.42. The molecule has 1 amide bonds. The molecule has 1 unspecified atom stereocenters. The van der Waals surface area contributed by atoms with Crippen LogP contribution < -0.4 is 14.8 Å². The van der Waals surface area contributed by atoms with Gasteiger partial charge in [0, 0.05) is 29.1 Å². The van der Waals surface area contributed by atoms with Gasteiger partial charge in [-0.25, -0.2) is 0 Å². The van der Waals surface area contributed by atoms with E-state index in [-0.39, 0.29) is 6.42 Å². The van der Waals surface area contributed by atoms with Crippen molar-refractivity contribution in [2.24, 2.45) is 0 Å². The lowest BCUT2D eigenvalue weighted by Crippen LogP contribution is -2.30. The van der Waals surface area contributed by atoms with Crippen LogP contribution in [0.5, 0.6) is 11.5 Å². The van der Waals surface area contributed by atoms with Gasteiger partial charge in [-0.1, -0.05) is 5.16 Å². The van der Waals surface area contributed by atoms with Crippen molar-refractivity contribution in [3.8, 4) is 17.3 Å².